The van der Waals surface area contributed by atoms with Crippen molar-refractivity contribution in [3.63, 3.8) is 0 Å². The maximum absolute atomic E-state index is 2.41. The summed E-state index contributed by atoms with van der Waals surface area (Å²) in [5.41, 5.74) is 13.1. The van der Waals surface area contributed by atoms with E-state index in [2.05, 4.69) is 156 Å². The first-order chi connectivity index (χ1) is 18.9. The van der Waals surface area contributed by atoms with Gasteiger partial charge in [-0.1, -0.05) is 149 Å². The Balaban J connectivity index is 1.65. The van der Waals surface area contributed by atoms with Gasteiger partial charge in [-0.05, 0) is 88.3 Å². The molecule has 4 rings (SSSR count). The first kappa shape index (κ1) is 28.1. The van der Waals surface area contributed by atoms with E-state index in [1.165, 1.54) is 55.7 Å². The lowest BCUT2D eigenvalue weighted by Gasteiger charge is -2.13. The van der Waals surface area contributed by atoms with Gasteiger partial charge in [0.05, 0.1) is 0 Å². The van der Waals surface area contributed by atoms with Gasteiger partial charge in [-0.3, -0.25) is 0 Å². The summed E-state index contributed by atoms with van der Waals surface area (Å²) in [5, 5.41) is 0. The summed E-state index contributed by atoms with van der Waals surface area (Å²) in [5.74, 6) is 0.505. The molecule has 0 saturated heterocycles. The van der Waals surface area contributed by atoms with Gasteiger partial charge in [0.25, 0.3) is 0 Å². The molecule has 0 heteroatoms. The van der Waals surface area contributed by atoms with Crippen LogP contribution in [-0.4, -0.2) is 0 Å². The van der Waals surface area contributed by atoms with Crippen LogP contribution in [0.1, 0.15) is 67.0 Å². The van der Waals surface area contributed by atoms with E-state index in [4.69, 9.17) is 0 Å². The van der Waals surface area contributed by atoms with Gasteiger partial charge in [0.15, 0.2) is 0 Å². The topological polar surface area (TPSA) is 0 Å². The fourth-order valence-electron chi connectivity index (χ4n) is 4.88. The molecule has 0 amide bonds. The highest BCUT2D eigenvalue weighted by molar-refractivity contribution is 5.83. The Labute approximate surface area is 236 Å². The minimum absolute atomic E-state index is 0.505. The van der Waals surface area contributed by atoms with Crippen molar-refractivity contribution in [2.45, 2.75) is 53.9 Å². The fraction of sp³-hybridized carbons (Fsp3) is 0.231. The van der Waals surface area contributed by atoms with Crippen LogP contribution in [0.4, 0.5) is 0 Å². The van der Waals surface area contributed by atoms with Crippen LogP contribution in [0.2, 0.25) is 0 Å². The molecule has 198 valence electrons. The van der Waals surface area contributed by atoms with Crippen LogP contribution in [0.15, 0.2) is 115 Å². The lowest BCUT2D eigenvalue weighted by molar-refractivity contribution is 0.832. The highest BCUT2D eigenvalue weighted by Gasteiger charge is 2.07. The van der Waals surface area contributed by atoms with E-state index in [0.29, 0.717) is 5.92 Å². The molecule has 0 spiro atoms. The number of benzene rings is 4. The number of allylic oxidation sites excluding steroid dienone is 5. The molecule has 0 N–H and O–H groups in total. The van der Waals surface area contributed by atoms with E-state index < -0.39 is 0 Å². The number of rotatable bonds is 10. The highest BCUT2D eigenvalue weighted by Crippen LogP contribution is 2.28. The number of hydrogen-bond donors (Lipinski definition) is 0. The quantitative estimate of drug-likeness (QED) is 0.147. The van der Waals surface area contributed by atoms with Crippen LogP contribution in [-0.2, 0) is 6.42 Å². The monoisotopic (exact) mass is 510 g/mol. The van der Waals surface area contributed by atoms with Crippen molar-refractivity contribution >= 4 is 17.2 Å². The largest absolute Gasteiger partial charge is 0.0814 e. The van der Waals surface area contributed by atoms with Crippen molar-refractivity contribution in [1.82, 2.24) is 0 Å². The second kappa shape index (κ2) is 13.8. The summed E-state index contributed by atoms with van der Waals surface area (Å²) in [6, 6.07) is 35.2. The third kappa shape index (κ3) is 7.80. The molecule has 0 heterocycles. The molecule has 0 aliphatic rings. The van der Waals surface area contributed by atoms with Crippen molar-refractivity contribution in [2.24, 2.45) is 5.92 Å². The number of hydrogen-bond acceptors (Lipinski definition) is 0. The Morgan fingerprint density at radius 2 is 1.38 bits per heavy atom. The summed E-state index contributed by atoms with van der Waals surface area (Å²) in [6.45, 7) is 11.2. The second-order valence-corrected chi connectivity index (χ2v) is 10.8. The SMILES string of the molecule is CCC/C(=C\c1ccccc1C)c1ccc(C)c(C/C=C(\C=C/C(C)C)c2ccc(-c3ccccc3)cc2)c1. The highest BCUT2D eigenvalue weighted by atomic mass is 14.1. The molecule has 0 nitrogen and oxygen atoms in total. The molecule has 0 aliphatic carbocycles. The van der Waals surface area contributed by atoms with E-state index >= 15 is 0 Å². The molecular weight excluding hydrogens is 468 g/mol. The molecule has 4 aromatic carbocycles. The molecular formula is C39H42. The fourth-order valence-corrected chi connectivity index (χ4v) is 4.88. The van der Waals surface area contributed by atoms with Gasteiger partial charge in [-0.25, -0.2) is 0 Å². The summed E-state index contributed by atoms with van der Waals surface area (Å²) >= 11 is 0. The Bertz CT molecular complexity index is 1440. The van der Waals surface area contributed by atoms with Gasteiger partial charge >= 0.3 is 0 Å². The summed E-state index contributed by atoms with van der Waals surface area (Å²) in [6.07, 6.45) is 12.5. The van der Waals surface area contributed by atoms with E-state index in [1.807, 2.05) is 0 Å². The zero-order valence-electron chi connectivity index (χ0n) is 24.2. The van der Waals surface area contributed by atoms with E-state index in [9.17, 15) is 0 Å². The molecule has 0 radical (unpaired) electrons. The van der Waals surface area contributed by atoms with E-state index in [-0.39, 0.29) is 0 Å². The smallest absolute Gasteiger partial charge is 0.00854 e. The predicted molar refractivity (Wildman–Crippen MR) is 173 cm³/mol. The molecule has 39 heavy (non-hydrogen) atoms. The van der Waals surface area contributed by atoms with E-state index in [0.717, 1.165) is 19.3 Å². The maximum Gasteiger partial charge on any atom is -0.00854 e. The Morgan fingerprint density at radius 3 is 2.08 bits per heavy atom. The lowest BCUT2D eigenvalue weighted by atomic mass is 9.92. The molecule has 0 saturated carbocycles. The molecule has 0 unspecified atom stereocenters. The van der Waals surface area contributed by atoms with Crippen LogP contribution in [0.25, 0.3) is 28.3 Å². The first-order valence-electron chi connectivity index (χ1n) is 14.3. The Morgan fingerprint density at radius 1 is 0.718 bits per heavy atom. The molecule has 0 aromatic heterocycles. The first-order valence-corrected chi connectivity index (χ1v) is 14.3. The average molecular weight is 511 g/mol. The molecule has 0 bridgehead atoms. The predicted octanol–water partition coefficient (Wildman–Crippen LogP) is 11.1. The van der Waals surface area contributed by atoms with Crippen molar-refractivity contribution < 1.29 is 0 Å². The Hall–Kier alpha value is -3.90. The van der Waals surface area contributed by atoms with Gasteiger partial charge in [0, 0.05) is 0 Å². The van der Waals surface area contributed by atoms with Crippen LogP contribution in [0, 0.1) is 19.8 Å². The number of aryl methyl sites for hydroxylation is 2. The third-order valence-electron chi connectivity index (χ3n) is 7.29. The summed E-state index contributed by atoms with van der Waals surface area (Å²) in [4.78, 5) is 0. The molecule has 0 fully saturated rings. The van der Waals surface area contributed by atoms with Gasteiger partial charge in [-0.15, -0.1) is 0 Å². The molecule has 0 atom stereocenters. The van der Waals surface area contributed by atoms with Crippen molar-refractivity contribution in [1.29, 1.82) is 0 Å². The minimum Gasteiger partial charge on any atom is -0.0814 e. The minimum atomic E-state index is 0.505. The van der Waals surface area contributed by atoms with Gasteiger partial charge in [-0.2, -0.15) is 0 Å². The van der Waals surface area contributed by atoms with Crippen molar-refractivity contribution in [2.75, 3.05) is 0 Å². The van der Waals surface area contributed by atoms with Gasteiger partial charge in [0.1, 0.15) is 0 Å². The second-order valence-electron chi connectivity index (χ2n) is 10.8. The normalized spacial score (nSPS) is 12.5. The summed E-state index contributed by atoms with van der Waals surface area (Å²) < 4.78 is 0. The van der Waals surface area contributed by atoms with Crippen molar-refractivity contribution in [3.05, 3.63) is 149 Å². The standard InChI is InChI=1S/C39H42/c1-6-12-38(27-36-16-11-10-13-30(36)4)39-20-18-31(5)37(28-39)26-25-33(19-17-29(2)3)35-23-21-34(22-24-35)32-14-8-7-9-15-32/h7-11,13-25,27-29H,6,12,26H2,1-5H3/b19-17-,33-25+,38-27+. The zero-order chi connectivity index (χ0) is 27.6. The van der Waals surface area contributed by atoms with Crippen LogP contribution < -0.4 is 0 Å². The maximum atomic E-state index is 2.41. The van der Waals surface area contributed by atoms with Crippen molar-refractivity contribution in [3.8, 4) is 11.1 Å². The molecule has 4 aromatic rings. The van der Waals surface area contributed by atoms with E-state index in [1.54, 1.807) is 0 Å². The summed E-state index contributed by atoms with van der Waals surface area (Å²) in [7, 11) is 0. The van der Waals surface area contributed by atoms with Gasteiger partial charge in [0.2, 0.25) is 0 Å². The zero-order valence-corrected chi connectivity index (χ0v) is 24.2. The third-order valence-corrected chi connectivity index (χ3v) is 7.29. The Kier molecular flexibility index (Phi) is 9.92. The van der Waals surface area contributed by atoms with Crippen LogP contribution >= 0.6 is 0 Å². The van der Waals surface area contributed by atoms with Crippen LogP contribution in [0.3, 0.4) is 0 Å². The van der Waals surface area contributed by atoms with Gasteiger partial charge < -0.3 is 0 Å². The lowest BCUT2D eigenvalue weighted by Crippen LogP contribution is -1.94. The van der Waals surface area contributed by atoms with Crippen LogP contribution in [0.5, 0.6) is 0 Å². The average Bonchev–Trinajstić information content (AvgIpc) is 2.95. The molecule has 0 aliphatic heterocycles.